The van der Waals surface area contributed by atoms with Gasteiger partial charge >= 0.3 is 5.97 Å². The number of carbonyl (C=O) groups is 2. The Morgan fingerprint density at radius 3 is 2.35 bits per heavy atom. The van der Waals surface area contributed by atoms with E-state index in [0.29, 0.717) is 11.3 Å². The molecule has 0 atom stereocenters. The van der Waals surface area contributed by atoms with Crippen LogP contribution in [0, 0.1) is 0 Å². The lowest BCUT2D eigenvalue weighted by Crippen LogP contribution is -2.22. The summed E-state index contributed by atoms with van der Waals surface area (Å²) in [6.45, 7) is 5.85. The predicted octanol–water partition coefficient (Wildman–Crippen LogP) is 2.59. The van der Waals surface area contributed by atoms with E-state index in [1.165, 1.54) is 7.11 Å². The summed E-state index contributed by atoms with van der Waals surface area (Å²) in [5.74, 6) is -0.697. The number of hydrogen-bond donors (Lipinski definition) is 1. The Labute approximate surface area is 119 Å². The summed E-state index contributed by atoms with van der Waals surface area (Å²) >= 11 is 0. The molecule has 1 N–H and O–H groups in total. The number of ether oxygens (including phenoxy) is 1. The van der Waals surface area contributed by atoms with Gasteiger partial charge < -0.3 is 14.7 Å². The number of carboxylic acids is 1. The van der Waals surface area contributed by atoms with Gasteiger partial charge in [-0.1, -0.05) is 0 Å². The molecule has 0 fully saturated rings. The molecule has 0 aliphatic carbocycles. The number of carbonyl (C=O) groups excluding carboxylic acids is 1. The second kappa shape index (κ2) is 7.53. The highest BCUT2D eigenvalue weighted by Gasteiger charge is 2.15. The molecule has 1 rings (SSSR count). The van der Waals surface area contributed by atoms with Crippen molar-refractivity contribution in [1.29, 1.82) is 0 Å². The van der Waals surface area contributed by atoms with Crippen molar-refractivity contribution in [3.8, 4) is 5.75 Å². The topological polar surface area (TPSA) is 66.8 Å². The Balaban J connectivity index is 2.98. The molecule has 0 saturated carbocycles. The van der Waals surface area contributed by atoms with Gasteiger partial charge in [0.05, 0.1) is 19.1 Å². The first kappa shape index (κ1) is 16.0. The van der Waals surface area contributed by atoms with E-state index in [1.807, 2.05) is 12.1 Å². The van der Waals surface area contributed by atoms with Crippen molar-refractivity contribution in [2.75, 3.05) is 25.1 Å². The van der Waals surface area contributed by atoms with Crippen molar-refractivity contribution in [3.05, 3.63) is 23.8 Å². The van der Waals surface area contributed by atoms with Crippen molar-refractivity contribution in [3.63, 3.8) is 0 Å². The molecule has 0 aromatic heterocycles. The lowest BCUT2D eigenvalue weighted by Gasteiger charge is -2.22. The van der Waals surface area contributed by atoms with Crippen LogP contribution < -0.4 is 9.64 Å². The average molecular weight is 279 g/mol. The van der Waals surface area contributed by atoms with Crippen LogP contribution in [0.3, 0.4) is 0 Å². The zero-order valence-electron chi connectivity index (χ0n) is 12.2. The number of methoxy groups -OCH3 is 1. The van der Waals surface area contributed by atoms with Gasteiger partial charge in [-0.3, -0.25) is 9.59 Å². The van der Waals surface area contributed by atoms with E-state index in [1.54, 1.807) is 6.07 Å². The molecule has 5 nitrogen and oxygen atoms in total. The maximum absolute atomic E-state index is 12.0. The van der Waals surface area contributed by atoms with Crippen molar-refractivity contribution >= 4 is 17.4 Å². The van der Waals surface area contributed by atoms with Crippen LogP contribution >= 0.6 is 0 Å². The van der Waals surface area contributed by atoms with Gasteiger partial charge in [-0.25, -0.2) is 0 Å². The standard InChI is InChI=1S/C15H21NO4/c1-4-16(5-2)11-6-7-12(14(10-11)20-3)13(17)8-9-15(18)19/h6-7,10H,4-5,8-9H2,1-3H3,(H,18,19). The first-order chi connectivity index (χ1) is 9.53. The van der Waals surface area contributed by atoms with Gasteiger partial charge in [0.15, 0.2) is 5.78 Å². The molecule has 0 radical (unpaired) electrons. The molecule has 0 bridgehead atoms. The highest BCUT2D eigenvalue weighted by molar-refractivity contribution is 6.00. The molecular formula is C15H21NO4. The first-order valence-electron chi connectivity index (χ1n) is 6.71. The summed E-state index contributed by atoms with van der Waals surface area (Å²) in [7, 11) is 1.51. The summed E-state index contributed by atoms with van der Waals surface area (Å²) < 4.78 is 5.26. The third-order valence-electron chi connectivity index (χ3n) is 3.18. The summed E-state index contributed by atoms with van der Waals surface area (Å²) in [5, 5.41) is 8.63. The summed E-state index contributed by atoms with van der Waals surface area (Å²) in [5.41, 5.74) is 1.42. The minimum Gasteiger partial charge on any atom is -0.496 e. The molecule has 0 aliphatic rings. The van der Waals surface area contributed by atoms with Gasteiger partial charge in [0, 0.05) is 31.3 Å². The van der Waals surface area contributed by atoms with E-state index in [0.717, 1.165) is 18.8 Å². The number of aliphatic carboxylic acids is 1. The van der Waals surface area contributed by atoms with E-state index in [4.69, 9.17) is 9.84 Å². The number of anilines is 1. The number of nitrogens with zero attached hydrogens (tertiary/aromatic N) is 1. The fourth-order valence-corrected chi connectivity index (χ4v) is 2.05. The Hall–Kier alpha value is -2.04. The smallest absolute Gasteiger partial charge is 0.303 e. The summed E-state index contributed by atoms with van der Waals surface area (Å²) in [6, 6.07) is 5.39. The average Bonchev–Trinajstić information content (AvgIpc) is 2.45. The fraction of sp³-hybridized carbons (Fsp3) is 0.467. The lowest BCUT2D eigenvalue weighted by atomic mass is 10.0. The van der Waals surface area contributed by atoms with Crippen LogP contribution in [0.2, 0.25) is 0 Å². The SMILES string of the molecule is CCN(CC)c1ccc(C(=O)CCC(=O)O)c(OC)c1. The van der Waals surface area contributed by atoms with E-state index in [9.17, 15) is 9.59 Å². The van der Waals surface area contributed by atoms with Crippen LogP contribution in [0.5, 0.6) is 5.75 Å². The first-order valence-corrected chi connectivity index (χ1v) is 6.71. The third-order valence-corrected chi connectivity index (χ3v) is 3.18. The Bertz CT molecular complexity index is 481. The quantitative estimate of drug-likeness (QED) is 0.741. The Morgan fingerprint density at radius 1 is 1.20 bits per heavy atom. The molecule has 0 amide bonds. The number of hydrogen-bond acceptors (Lipinski definition) is 4. The summed E-state index contributed by atoms with van der Waals surface area (Å²) in [4.78, 5) is 24.7. The minimum absolute atomic E-state index is 0.0175. The van der Waals surface area contributed by atoms with Crippen LogP contribution in [0.4, 0.5) is 5.69 Å². The molecule has 20 heavy (non-hydrogen) atoms. The molecule has 0 heterocycles. The van der Waals surface area contributed by atoms with Gasteiger partial charge in [0.25, 0.3) is 0 Å². The largest absolute Gasteiger partial charge is 0.496 e. The number of benzene rings is 1. The highest BCUT2D eigenvalue weighted by atomic mass is 16.5. The minimum atomic E-state index is -0.975. The van der Waals surface area contributed by atoms with Crippen molar-refractivity contribution < 1.29 is 19.4 Å². The van der Waals surface area contributed by atoms with Crippen LogP contribution in [0.15, 0.2) is 18.2 Å². The Morgan fingerprint density at radius 2 is 1.85 bits per heavy atom. The zero-order chi connectivity index (χ0) is 15.1. The number of rotatable bonds is 8. The molecule has 1 aromatic carbocycles. The third kappa shape index (κ3) is 3.98. The van der Waals surface area contributed by atoms with E-state index in [2.05, 4.69) is 18.7 Å². The normalized spacial score (nSPS) is 10.2. The fourth-order valence-electron chi connectivity index (χ4n) is 2.05. The number of Topliss-reactive ketones (excluding diaryl/α,β-unsaturated/α-hetero) is 1. The van der Waals surface area contributed by atoms with Crippen molar-refractivity contribution in [2.24, 2.45) is 0 Å². The van der Waals surface area contributed by atoms with Crippen LogP contribution in [0.1, 0.15) is 37.0 Å². The van der Waals surface area contributed by atoms with Crippen LogP contribution in [0.25, 0.3) is 0 Å². The zero-order valence-corrected chi connectivity index (χ0v) is 12.2. The molecule has 0 spiro atoms. The van der Waals surface area contributed by atoms with Gasteiger partial charge in [0.1, 0.15) is 5.75 Å². The Kier molecular flexibility index (Phi) is 6.03. The lowest BCUT2D eigenvalue weighted by molar-refractivity contribution is -0.136. The van der Waals surface area contributed by atoms with Gasteiger partial charge in [-0.15, -0.1) is 0 Å². The monoisotopic (exact) mass is 279 g/mol. The second-order valence-corrected chi connectivity index (χ2v) is 4.37. The molecule has 0 saturated heterocycles. The second-order valence-electron chi connectivity index (χ2n) is 4.37. The van der Waals surface area contributed by atoms with E-state index >= 15 is 0 Å². The van der Waals surface area contributed by atoms with Gasteiger partial charge in [0.2, 0.25) is 0 Å². The predicted molar refractivity (Wildman–Crippen MR) is 77.8 cm³/mol. The maximum Gasteiger partial charge on any atom is 0.303 e. The highest BCUT2D eigenvalue weighted by Crippen LogP contribution is 2.27. The van der Waals surface area contributed by atoms with E-state index in [-0.39, 0.29) is 18.6 Å². The van der Waals surface area contributed by atoms with Crippen molar-refractivity contribution in [2.45, 2.75) is 26.7 Å². The molecule has 1 aromatic rings. The van der Waals surface area contributed by atoms with Crippen LogP contribution in [-0.2, 0) is 4.79 Å². The molecule has 110 valence electrons. The molecule has 0 unspecified atom stereocenters. The summed E-state index contributed by atoms with van der Waals surface area (Å²) in [6.07, 6.45) is -0.184. The van der Waals surface area contributed by atoms with E-state index < -0.39 is 5.97 Å². The van der Waals surface area contributed by atoms with Crippen LogP contribution in [-0.4, -0.2) is 37.1 Å². The maximum atomic E-state index is 12.0. The number of ketones is 1. The van der Waals surface area contributed by atoms with Gasteiger partial charge in [-0.2, -0.15) is 0 Å². The molecular weight excluding hydrogens is 258 g/mol. The molecule has 5 heteroatoms. The molecule has 0 aliphatic heterocycles. The van der Waals surface area contributed by atoms with Crippen molar-refractivity contribution in [1.82, 2.24) is 0 Å². The van der Waals surface area contributed by atoms with Gasteiger partial charge in [-0.05, 0) is 26.0 Å². The number of carboxylic acid groups (broad SMARTS) is 1.